The largest absolute Gasteiger partial charge is 0.351 e. The maximum Gasteiger partial charge on any atom is 0.318 e. The Morgan fingerprint density at radius 3 is 2.92 bits per heavy atom. The summed E-state index contributed by atoms with van der Waals surface area (Å²) in [7, 11) is 0. The van der Waals surface area contributed by atoms with Crippen LogP contribution in [0.3, 0.4) is 0 Å². The zero-order chi connectivity index (χ0) is 9.26. The first-order chi connectivity index (χ1) is 6.25. The van der Waals surface area contributed by atoms with Crippen LogP contribution in [0.4, 0.5) is 6.01 Å². The van der Waals surface area contributed by atoms with Gasteiger partial charge in [0.1, 0.15) is 0 Å². The monoisotopic (exact) mass is 215 g/mol. The number of thiophene rings is 1. The summed E-state index contributed by atoms with van der Waals surface area (Å²) in [5, 5.41) is 8.21. The van der Waals surface area contributed by atoms with Gasteiger partial charge in [-0.1, -0.05) is 16.8 Å². The number of aromatic nitrogens is 2. The molecule has 0 saturated carbocycles. The summed E-state index contributed by atoms with van der Waals surface area (Å²) >= 11 is 7.43. The van der Waals surface area contributed by atoms with Gasteiger partial charge in [-0.25, -0.2) is 0 Å². The van der Waals surface area contributed by atoms with Crippen molar-refractivity contribution >= 4 is 29.0 Å². The molecule has 0 aliphatic carbocycles. The molecule has 13 heavy (non-hydrogen) atoms. The molecule has 0 amide bonds. The summed E-state index contributed by atoms with van der Waals surface area (Å²) in [6.45, 7) is 0. The van der Waals surface area contributed by atoms with Gasteiger partial charge in [0.15, 0.2) is 5.82 Å². The van der Waals surface area contributed by atoms with Crippen molar-refractivity contribution < 1.29 is 4.52 Å². The van der Waals surface area contributed by atoms with Gasteiger partial charge >= 0.3 is 6.01 Å². The molecular formula is C7H6ClN3OS. The lowest BCUT2D eigenvalue weighted by molar-refractivity contribution is 0.428. The van der Waals surface area contributed by atoms with Crippen LogP contribution in [0.5, 0.6) is 0 Å². The molecule has 0 fully saturated rings. The van der Waals surface area contributed by atoms with Crippen LogP contribution in [0, 0.1) is 0 Å². The highest BCUT2D eigenvalue weighted by Gasteiger charge is 2.07. The molecular weight excluding hydrogens is 210 g/mol. The molecule has 0 radical (unpaired) electrons. The van der Waals surface area contributed by atoms with Crippen molar-refractivity contribution in [1.29, 1.82) is 0 Å². The van der Waals surface area contributed by atoms with Crippen molar-refractivity contribution in [2.45, 2.75) is 6.42 Å². The molecule has 68 valence electrons. The maximum absolute atomic E-state index is 5.89. The van der Waals surface area contributed by atoms with E-state index in [1.165, 1.54) is 0 Å². The van der Waals surface area contributed by atoms with Crippen molar-refractivity contribution in [2.75, 3.05) is 5.73 Å². The molecule has 6 heteroatoms. The molecule has 0 unspecified atom stereocenters. The number of hydrogen-bond donors (Lipinski definition) is 1. The van der Waals surface area contributed by atoms with Gasteiger partial charge < -0.3 is 10.3 Å². The summed E-state index contributed by atoms with van der Waals surface area (Å²) in [6.07, 6.45) is 0.559. The molecule has 2 aromatic rings. The molecule has 0 atom stereocenters. The lowest BCUT2D eigenvalue weighted by Crippen LogP contribution is -1.90. The fourth-order valence-corrected chi connectivity index (χ4v) is 2.00. The van der Waals surface area contributed by atoms with Crippen molar-refractivity contribution in [2.24, 2.45) is 0 Å². The highest BCUT2D eigenvalue weighted by molar-refractivity contribution is 7.08. The molecule has 2 N–H and O–H groups in total. The third-order valence-corrected chi connectivity index (χ3v) is 2.79. The highest BCUT2D eigenvalue weighted by atomic mass is 35.5. The summed E-state index contributed by atoms with van der Waals surface area (Å²) < 4.78 is 4.63. The standard InChI is InChI=1S/C7H6ClN3OS/c8-5-3-13-2-4(5)1-6-10-7(9)12-11-6/h2-3H,1H2,(H2,9,10,11). The van der Waals surface area contributed by atoms with Gasteiger partial charge in [-0.15, -0.1) is 0 Å². The predicted molar refractivity (Wildman–Crippen MR) is 50.8 cm³/mol. The minimum absolute atomic E-state index is 0.0846. The van der Waals surface area contributed by atoms with E-state index in [9.17, 15) is 0 Å². The van der Waals surface area contributed by atoms with Gasteiger partial charge in [0.05, 0.1) is 5.02 Å². The molecule has 4 nitrogen and oxygen atoms in total. The van der Waals surface area contributed by atoms with E-state index in [0.717, 1.165) is 10.6 Å². The zero-order valence-corrected chi connectivity index (χ0v) is 8.10. The summed E-state index contributed by atoms with van der Waals surface area (Å²) in [5.74, 6) is 0.554. The minimum Gasteiger partial charge on any atom is -0.351 e. The second kappa shape index (κ2) is 3.35. The summed E-state index contributed by atoms with van der Waals surface area (Å²) in [4.78, 5) is 3.87. The van der Waals surface area contributed by atoms with Gasteiger partial charge in [0, 0.05) is 11.8 Å². The minimum atomic E-state index is 0.0846. The molecule has 0 aliphatic rings. The second-order valence-corrected chi connectivity index (χ2v) is 3.62. The molecule has 2 aromatic heterocycles. The van der Waals surface area contributed by atoms with Gasteiger partial charge in [0.25, 0.3) is 0 Å². The first kappa shape index (κ1) is 8.52. The fraction of sp³-hybridized carbons (Fsp3) is 0.143. The Bertz CT molecular complexity index is 411. The Labute approximate surface area is 83.3 Å². The van der Waals surface area contributed by atoms with Crippen molar-refractivity contribution in [3.05, 3.63) is 27.2 Å². The Morgan fingerprint density at radius 1 is 1.54 bits per heavy atom. The van der Waals surface area contributed by atoms with E-state index in [1.54, 1.807) is 11.3 Å². The van der Waals surface area contributed by atoms with E-state index in [4.69, 9.17) is 17.3 Å². The third-order valence-electron chi connectivity index (χ3n) is 1.52. The van der Waals surface area contributed by atoms with Crippen LogP contribution in [0.25, 0.3) is 0 Å². The molecule has 0 spiro atoms. The number of nitrogen functional groups attached to an aromatic ring is 1. The number of halogens is 1. The first-order valence-corrected chi connectivity index (χ1v) is 4.86. The zero-order valence-electron chi connectivity index (χ0n) is 6.53. The highest BCUT2D eigenvalue weighted by Crippen LogP contribution is 2.22. The average Bonchev–Trinajstić information content (AvgIpc) is 2.64. The summed E-state index contributed by atoms with van der Waals surface area (Å²) in [5.41, 5.74) is 6.27. The van der Waals surface area contributed by atoms with Crippen LogP contribution in [-0.2, 0) is 6.42 Å². The van der Waals surface area contributed by atoms with Crippen LogP contribution in [0.1, 0.15) is 11.4 Å². The van der Waals surface area contributed by atoms with Crippen molar-refractivity contribution in [3.8, 4) is 0 Å². The topological polar surface area (TPSA) is 64.9 Å². The number of nitrogens with two attached hydrogens (primary N) is 1. The second-order valence-electron chi connectivity index (χ2n) is 2.47. The van der Waals surface area contributed by atoms with Gasteiger partial charge in [-0.3, -0.25) is 0 Å². The molecule has 0 aromatic carbocycles. The third kappa shape index (κ3) is 1.81. The Balaban J connectivity index is 2.19. The van der Waals surface area contributed by atoms with E-state index in [-0.39, 0.29) is 6.01 Å². The van der Waals surface area contributed by atoms with Gasteiger partial charge in [-0.05, 0) is 10.9 Å². The molecule has 2 rings (SSSR count). The van der Waals surface area contributed by atoms with Crippen molar-refractivity contribution in [3.63, 3.8) is 0 Å². The Hall–Kier alpha value is -1.07. The number of anilines is 1. The van der Waals surface area contributed by atoms with Crippen LogP contribution in [0.2, 0.25) is 5.02 Å². The van der Waals surface area contributed by atoms with Crippen molar-refractivity contribution in [1.82, 2.24) is 10.1 Å². The van der Waals surface area contributed by atoms with E-state index in [2.05, 4.69) is 14.7 Å². The van der Waals surface area contributed by atoms with E-state index < -0.39 is 0 Å². The fourth-order valence-electron chi connectivity index (χ4n) is 0.944. The van der Waals surface area contributed by atoms with E-state index >= 15 is 0 Å². The predicted octanol–water partition coefficient (Wildman–Crippen LogP) is 1.96. The van der Waals surface area contributed by atoms with Crippen LogP contribution < -0.4 is 5.73 Å². The van der Waals surface area contributed by atoms with Gasteiger partial charge in [-0.2, -0.15) is 16.3 Å². The lowest BCUT2D eigenvalue weighted by Gasteiger charge is -1.90. The van der Waals surface area contributed by atoms with Crippen LogP contribution in [0.15, 0.2) is 15.3 Å². The normalized spacial score (nSPS) is 10.5. The lowest BCUT2D eigenvalue weighted by atomic mass is 10.2. The quantitative estimate of drug-likeness (QED) is 0.832. The van der Waals surface area contributed by atoms with Gasteiger partial charge in [0.2, 0.25) is 0 Å². The number of hydrogen-bond acceptors (Lipinski definition) is 5. The average molecular weight is 216 g/mol. The molecule has 0 aliphatic heterocycles. The Kier molecular flexibility index (Phi) is 2.20. The molecule has 0 bridgehead atoms. The smallest absolute Gasteiger partial charge is 0.318 e. The summed E-state index contributed by atoms with van der Waals surface area (Å²) in [6, 6.07) is 0.0846. The molecule has 0 saturated heterocycles. The first-order valence-electron chi connectivity index (χ1n) is 3.54. The number of nitrogens with zero attached hydrogens (tertiary/aromatic N) is 2. The molecule has 2 heterocycles. The SMILES string of the molecule is Nc1nc(Cc2cscc2Cl)no1. The maximum atomic E-state index is 5.89. The number of rotatable bonds is 2. The van der Waals surface area contributed by atoms with Crippen LogP contribution >= 0.6 is 22.9 Å². The Morgan fingerprint density at radius 2 is 2.38 bits per heavy atom. The van der Waals surface area contributed by atoms with E-state index in [1.807, 2.05) is 10.8 Å². The van der Waals surface area contributed by atoms with E-state index in [0.29, 0.717) is 12.2 Å². The van der Waals surface area contributed by atoms with Crippen LogP contribution in [-0.4, -0.2) is 10.1 Å².